The van der Waals surface area contributed by atoms with Crippen LogP contribution in [0.15, 0.2) is 60.9 Å². The average molecular weight is 374 g/mol. The van der Waals surface area contributed by atoms with Gasteiger partial charge in [-0.3, -0.25) is 14.8 Å². The zero-order valence-electron chi connectivity index (χ0n) is 15.4. The molecule has 0 saturated heterocycles. The van der Waals surface area contributed by atoms with Gasteiger partial charge in [-0.1, -0.05) is 0 Å². The Labute approximate surface area is 161 Å². The maximum Gasteiger partial charge on any atom is 0.236 e. The van der Waals surface area contributed by atoms with Crippen LogP contribution in [0.2, 0.25) is 0 Å². The van der Waals surface area contributed by atoms with Crippen LogP contribution in [0.1, 0.15) is 6.92 Å². The molecule has 0 saturated carbocycles. The molecule has 2 aromatic carbocycles. The van der Waals surface area contributed by atoms with Crippen molar-refractivity contribution in [2.45, 2.75) is 6.92 Å². The topological polar surface area (TPSA) is 96.0 Å². The van der Waals surface area contributed by atoms with Gasteiger partial charge in [-0.2, -0.15) is 10.1 Å². The molecule has 0 aliphatic rings. The number of aromatic nitrogens is 4. The lowest BCUT2D eigenvalue weighted by molar-refractivity contribution is -0.114. The Morgan fingerprint density at radius 2 is 1.71 bits per heavy atom. The fraction of sp³-hybridized carbons (Fsp3) is 0.100. The number of H-pyrrole nitrogens is 1. The number of carbonyl (C=O) groups is 1. The molecule has 2 N–H and O–H groups in total. The Bertz CT molecular complexity index is 1110. The summed E-state index contributed by atoms with van der Waals surface area (Å²) in [5.41, 5.74) is 3.08. The van der Waals surface area contributed by atoms with Crippen molar-refractivity contribution in [3.8, 4) is 5.75 Å². The molecule has 4 aromatic rings. The molecule has 0 spiro atoms. The van der Waals surface area contributed by atoms with Gasteiger partial charge in [-0.05, 0) is 48.5 Å². The van der Waals surface area contributed by atoms with Gasteiger partial charge in [0.05, 0.1) is 18.7 Å². The summed E-state index contributed by atoms with van der Waals surface area (Å²) < 4.78 is 5.26. The van der Waals surface area contributed by atoms with Gasteiger partial charge >= 0.3 is 0 Å². The van der Waals surface area contributed by atoms with E-state index in [1.54, 1.807) is 19.5 Å². The first kappa shape index (κ1) is 17.5. The summed E-state index contributed by atoms with van der Waals surface area (Å²) in [5, 5.41) is 10.5. The number of amides is 1. The molecular weight excluding hydrogens is 356 g/mol. The lowest BCUT2D eigenvalue weighted by Crippen LogP contribution is -2.13. The SMILES string of the molecule is COc1ccc(N(c2ccc(NC(C)=O)cc2)c2ncc3cn[nH]c3n2)cc1. The Morgan fingerprint density at radius 1 is 1.04 bits per heavy atom. The van der Waals surface area contributed by atoms with Crippen LogP contribution >= 0.6 is 0 Å². The standard InChI is InChI=1S/C20H18N6O2/c1-13(27)23-15-3-5-16(6-4-15)26(17-7-9-18(28-2)10-8-17)20-21-11-14-12-22-25-19(14)24-20/h3-12H,1-2H3,(H,23,27)(H,21,22,24,25). The highest BCUT2D eigenvalue weighted by molar-refractivity contribution is 5.89. The van der Waals surface area contributed by atoms with Gasteiger partial charge < -0.3 is 10.1 Å². The second kappa shape index (κ2) is 7.36. The van der Waals surface area contributed by atoms with Gasteiger partial charge in [0.2, 0.25) is 11.9 Å². The molecule has 0 bridgehead atoms. The van der Waals surface area contributed by atoms with E-state index in [2.05, 4.69) is 25.5 Å². The van der Waals surface area contributed by atoms with E-state index in [-0.39, 0.29) is 5.91 Å². The highest BCUT2D eigenvalue weighted by Crippen LogP contribution is 2.34. The van der Waals surface area contributed by atoms with Crippen LogP contribution in [0.4, 0.5) is 23.0 Å². The third-order valence-corrected chi connectivity index (χ3v) is 4.15. The molecule has 4 rings (SSSR count). The maximum absolute atomic E-state index is 11.3. The highest BCUT2D eigenvalue weighted by atomic mass is 16.5. The third-order valence-electron chi connectivity index (χ3n) is 4.15. The zero-order valence-corrected chi connectivity index (χ0v) is 15.4. The zero-order chi connectivity index (χ0) is 19.5. The molecule has 2 heterocycles. The smallest absolute Gasteiger partial charge is 0.236 e. The average Bonchev–Trinajstić information content (AvgIpc) is 3.18. The minimum absolute atomic E-state index is 0.118. The molecule has 0 unspecified atom stereocenters. The number of hydrogen-bond donors (Lipinski definition) is 2. The van der Waals surface area contributed by atoms with E-state index in [4.69, 9.17) is 4.74 Å². The Kier molecular flexibility index (Phi) is 4.59. The number of nitrogens with one attached hydrogen (secondary N) is 2. The Hall–Kier alpha value is -3.94. The van der Waals surface area contributed by atoms with Gasteiger partial charge in [0.25, 0.3) is 0 Å². The number of ether oxygens (including phenoxy) is 1. The minimum atomic E-state index is -0.118. The van der Waals surface area contributed by atoms with Crippen molar-refractivity contribution in [1.29, 1.82) is 0 Å². The quantitative estimate of drug-likeness (QED) is 0.552. The van der Waals surface area contributed by atoms with Gasteiger partial charge in [0.15, 0.2) is 5.65 Å². The molecule has 0 aliphatic carbocycles. The lowest BCUT2D eigenvalue weighted by atomic mass is 10.2. The number of benzene rings is 2. The number of nitrogens with zero attached hydrogens (tertiary/aromatic N) is 4. The molecular formula is C20H18N6O2. The molecule has 28 heavy (non-hydrogen) atoms. The molecule has 0 atom stereocenters. The Balaban J connectivity index is 1.79. The minimum Gasteiger partial charge on any atom is -0.497 e. The molecule has 0 aliphatic heterocycles. The summed E-state index contributed by atoms with van der Waals surface area (Å²) in [6.07, 6.45) is 3.41. The summed E-state index contributed by atoms with van der Waals surface area (Å²) in [5.74, 6) is 1.14. The summed E-state index contributed by atoms with van der Waals surface area (Å²) in [7, 11) is 1.63. The van der Waals surface area contributed by atoms with Crippen molar-refractivity contribution < 1.29 is 9.53 Å². The van der Waals surface area contributed by atoms with Crippen LogP contribution in [0.3, 0.4) is 0 Å². The number of rotatable bonds is 5. The van der Waals surface area contributed by atoms with Gasteiger partial charge in [-0.25, -0.2) is 4.98 Å². The number of aromatic amines is 1. The molecule has 0 radical (unpaired) electrons. The van der Waals surface area contributed by atoms with Crippen LogP contribution in [0.5, 0.6) is 5.75 Å². The number of anilines is 4. The third kappa shape index (κ3) is 3.48. The van der Waals surface area contributed by atoms with Crippen LogP contribution < -0.4 is 15.0 Å². The normalized spacial score (nSPS) is 10.6. The fourth-order valence-electron chi connectivity index (χ4n) is 2.84. The van der Waals surface area contributed by atoms with E-state index in [0.717, 1.165) is 28.2 Å². The molecule has 1 amide bonds. The summed E-state index contributed by atoms with van der Waals surface area (Å²) >= 11 is 0. The fourth-order valence-corrected chi connectivity index (χ4v) is 2.84. The van der Waals surface area contributed by atoms with E-state index in [9.17, 15) is 4.79 Å². The second-order valence-corrected chi connectivity index (χ2v) is 6.11. The van der Waals surface area contributed by atoms with E-state index >= 15 is 0 Å². The van der Waals surface area contributed by atoms with Crippen molar-refractivity contribution in [3.63, 3.8) is 0 Å². The largest absolute Gasteiger partial charge is 0.497 e. The van der Waals surface area contributed by atoms with Crippen LogP contribution in [0.25, 0.3) is 11.0 Å². The van der Waals surface area contributed by atoms with Crippen molar-refractivity contribution in [3.05, 3.63) is 60.9 Å². The van der Waals surface area contributed by atoms with Crippen molar-refractivity contribution in [2.75, 3.05) is 17.3 Å². The molecule has 0 fully saturated rings. The lowest BCUT2D eigenvalue weighted by Gasteiger charge is -2.23. The summed E-state index contributed by atoms with van der Waals surface area (Å²) in [6.45, 7) is 1.48. The van der Waals surface area contributed by atoms with Gasteiger partial charge in [-0.15, -0.1) is 0 Å². The Morgan fingerprint density at radius 3 is 2.36 bits per heavy atom. The molecule has 140 valence electrons. The highest BCUT2D eigenvalue weighted by Gasteiger charge is 2.16. The van der Waals surface area contributed by atoms with E-state index in [0.29, 0.717) is 11.6 Å². The van der Waals surface area contributed by atoms with E-state index in [1.165, 1.54) is 6.92 Å². The van der Waals surface area contributed by atoms with Crippen LogP contribution in [-0.2, 0) is 4.79 Å². The predicted octanol–water partition coefficient (Wildman–Crippen LogP) is 3.79. The van der Waals surface area contributed by atoms with Gasteiger partial charge in [0, 0.05) is 30.2 Å². The first-order valence-electron chi connectivity index (χ1n) is 8.62. The van der Waals surface area contributed by atoms with Crippen molar-refractivity contribution >= 4 is 40.0 Å². The molecule has 8 nitrogen and oxygen atoms in total. The first-order valence-corrected chi connectivity index (χ1v) is 8.62. The van der Waals surface area contributed by atoms with E-state index < -0.39 is 0 Å². The molecule has 2 aromatic heterocycles. The maximum atomic E-state index is 11.3. The number of methoxy groups -OCH3 is 1. The van der Waals surface area contributed by atoms with Gasteiger partial charge in [0.1, 0.15) is 5.75 Å². The number of hydrogen-bond acceptors (Lipinski definition) is 6. The number of fused-ring (bicyclic) bond motifs is 1. The second-order valence-electron chi connectivity index (χ2n) is 6.11. The summed E-state index contributed by atoms with van der Waals surface area (Å²) in [6, 6.07) is 15.1. The number of carbonyl (C=O) groups excluding carboxylic acids is 1. The predicted molar refractivity (Wildman–Crippen MR) is 107 cm³/mol. The molecule has 8 heteroatoms. The summed E-state index contributed by atoms with van der Waals surface area (Å²) in [4.78, 5) is 22.3. The first-order chi connectivity index (χ1) is 13.6. The van der Waals surface area contributed by atoms with Crippen LogP contribution in [-0.4, -0.2) is 33.2 Å². The monoisotopic (exact) mass is 374 g/mol. The van der Waals surface area contributed by atoms with Crippen molar-refractivity contribution in [1.82, 2.24) is 20.2 Å². The van der Waals surface area contributed by atoms with Crippen LogP contribution in [0, 0.1) is 0 Å². The van der Waals surface area contributed by atoms with E-state index in [1.807, 2.05) is 53.4 Å². The van der Waals surface area contributed by atoms with Crippen molar-refractivity contribution in [2.24, 2.45) is 0 Å².